The van der Waals surface area contributed by atoms with Gasteiger partial charge in [0, 0.05) is 18.3 Å². The molecule has 0 spiro atoms. The minimum absolute atomic E-state index is 0.0631. The third-order valence-corrected chi connectivity index (χ3v) is 3.65. The second-order valence-corrected chi connectivity index (χ2v) is 5.45. The highest BCUT2D eigenvalue weighted by atomic mass is 19.4. The van der Waals surface area contributed by atoms with Crippen molar-refractivity contribution in [3.05, 3.63) is 59.3 Å². The molecule has 1 aliphatic rings. The number of carbonyl (C=O) groups is 1. The summed E-state index contributed by atoms with van der Waals surface area (Å²) in [5.41, 5.74) is -1.17. The van der Waals surface area contributed by atoms with Crippen LogP contribution in [0.25, 0.3) is 0 Å². The lowest BCUT2D eigenvalue weighted by Gasteiger charge is -2.38. The summed E-state index contributed by atoms with van der Waals surface area (Å²) in [4.78, 5) is 17.0. The summed E-state index contributed by atoms with van der Waals surface area (Å²) in [7, 11) is 0. The number of hydrogen-bond acceptors (Lipinski definition) is 3. The lowest BCUT2D eigenvalue weighted by Crippen LogP contribution is -2.56. The maximum atomic E-state index is 13.6. The molecule has 0 bridgehead atoms. The zero-order chi connectivity index (χ0) is 18.2. The number of nitrogens with zero attached hydrogens (tertiary/aromatic N) is 2. The van der Waals surface area contributed by atoms with Crippen LogP contribution in [0.4, 0.5) is 22.0 Å². The molecule has 132 valence electrons. The smallest absolute Gasteiger partial charge is 0.416 e. The number of aromatic nitrogens is 1. The molecule has 3 rings (SSSR count). The van der Waals surface area contributed by atoms with E-state index in [-0.39, 0.29) is 24.5 Å². The van der Waals surface area contributed by atoms with E-state index in [2.05, 4.69) is 4.98 Å². The molecule has 4 nitrogen and oxygen atoms in total. The maximum absolute atomic E-state index is 13.6. The molecule has 1 aromatic carbocycles. The predicted molar refractivity (Wildman–Crippen MR) is 75.9 cm³/mol. The van der Waals surface area contributed by atoms with E-state index in [0.717, 1.165) is 30.5 Å². The molecule has 0 unspecified atom stereocenters. The Morgan fingerprint density at radius 3 is 2.52 bits per heavy atom. The minimum atomic E-state index is -4.51. The van der Waals surface area contributed by atoms with Gasteiger partial charge in [0.2, 0.25) is 5.88 Å². The molecular formula is C16H11F5N2O2. The number of benzene rings is 1. The van der Waals surface area contributed by atoms with Gasteiger partial charge in [-0.1, -0.05) is 0 Å². The number of ether oxygens (including phenoxy) is 1. The van der Waals surface area contributed by atoms with Crippen LogP contribution in [0.2, 0.25) is 0 Å². The number of hydrogen-bond donors (Lipinski definition) is 0. The minimum Gasteiger partial charge on any atom is -0.471 e. The van der Waals surface area contributed by atoms with Gasteiger partial charge in [-0.15, -0.1) is 0 Å². The number of likely N-dealkylation sites (tertiary alicyclic amines) is 1. The number of alkyl halides is 3. The third-order valence-electron chi connectivity index (χ3n) is 3.65. The molecule has 0 N–H and O–H groups in total. The molecule has 0 aliphatic carbocycles. The number of rotatable bonds is 3. The molecule has 1 saturated heterocycles. The topological polar surface area (TPSA) is 42.4 Å². The molecule has 1 aliphatic heterocycles. The number of carbonyl (C=O) groups excluding carboxylic acids is 1. The first-order valence-electron chi connectivity index (χ1n) is 7.18. The Morgan fingerprint density at radius 2 is 1.88 bits per heavy atom. The van der Waals surface area contributed by atoms with Crippen LogP contribution >= 0.6 is 0 Å². The summed E-state index contributed by atoms with van der Waals surface area (Å²) < 4.78 is 69.6. The van der Waals surface area contributed by atoms with E-state index in [1.165, 1.54) is 4.90 Å². The summed E-state index contributed by atoms with van der Waals surface area (Å²) >= 11 is 0. The summed E-state index contributed by atoms with van der Waals surface area (Å²) in [6.45, 7) is 0.126. The zero-order valence-electron chi connectivity index (χ0n) is 12.6. The van der Waals surface area contributed by atoms with Crippen LogP contribution in [0.1, 0.15) is 15.9 Å². The summed E-state index contributed by atoms with van der Waals surface area (Å²) in [5, 5.41) is 0. The van der Waals surface area contributed by atoms with Crippen LogP contribution < -0.4 is 4.74 Å². The van der Waals surface area contributed by atoms with E-state index >= 15 is 0 Å². The van der Waals surface area contributed by atoms with Crippen molar-refractivity contribution in [3.63, 3.8) is 0 Å². The molecule has 2 aromatic rings. The SMILES string of the molecule is O=C(c1ccc(F)cc1F)N1CC(Oc2cc(C(F)(F)F)ccn2)C1. The van der Waals surface area contributed by atoms with Crippen molar-refractivity contribution < 1.29 is 31.5 Å². The molecule has 25 heavy (non-hydrogen) atoms. The Morgan fingerprint density at radius 1 is 1.16 bits per heavy atom. The maximum Gasteiger partial charge on any atom is 0.416 e. The van der Waals surface area contributed by atoms with Crippen LogP contribution in [0, 0.1) is 11.6 Å². The van der Waals surface area contributed by atoms with Crippen molar-refractivity contribution in [1.82, 2.24) is 9.88 Å². The standard InChI is InChI=1S/C16H11F5N2O2/c17-10-1-2-12(13(18)6-10)15(24)23-7-11(8-23)25-14-5-9(3-4-22-14)16(19,20)21/h1-6,11H,7-8H2. The monoisotopic (exact) mass is 358 g/mol. The van der Waals surface area contributed by atoms with Crippen molar-refractivity contribution >= 4 is 5.91 Å². The van der Waals surface area contributed by atoms with Crippen LogP contribution in [0.3, 0.4) is 0 Å². The molecule has 1 fully saturated rings. The van der Waals surface area contributed by atoms with Gasteiger partial charge < -0.3 is 9.64 Å². The van der Waals surface area contributed by atoms with E-state index in [4.69, 9.17) is 4.74 Å². The molecule has 1 amide bonds. The third kappa shape index (κ3) is 3.70. The fourth-order valence-electron chi connectivity index (χ4n) is 2.33. The highest BCUT2D eigenvalue weighted by Crippen LogP contribution is 2.31. The number of halogens is 5. The van der Waals surface area contributed by atoms with Gasteiger partial charge in [-0.25, -0.2) is 13.8 Å². The lowest BCUT2D eigenvalue weighted by atomic mass is 10.1. The van der Waals surface area contributed by atoms with Crippen LogP contribution in [0.5, 0.6) is 5.88 Å². The average Bonchev–Trinajstić information content (AvgIpc) is 2.49. The fourth-order valence-corrected chi connectivity index (χ4v) is 2.33. The van der Waals surface area contributed by atoms with Crippen LogP contribution in [-0.4, -0.2) is 35.0 Å². The van der Waals surface area contributed by atoms with Crippen molar-refractivity contribution in [2.75, 3.05) is 13.1 Å². The highest BCUT2D eigenvalue weighted by molar-refractivity contribution is 5.95. The molecule has 0 atom stereocenters. The van der Waals surface area contributed by atoms with Gasteiger partial charge in [-0.3, -0.25) is 4.79 Å². The Balaban J connectivity index is 1.60. The molecule has 2 heterocycles. The van der Waals surface area contributed by atoms with Gasteiger partial charge in [0.25, 0.3) is 5.91 Å². The largest absolute Gasteiger partial charge is 0.471 e. The first-order chi connectivity index (χ1) is 11.7. The van der Waals surface area contributed by atoms with Crippen LogP contribution in [0.15, 0.2) is 36.5 Å². The van der Waals surface area contributed by atoms with Crippen molar-refractivity contribution in [1.29, 1.82) is 0 Å². The van der Waals surface area contributed by atoms with Gasteiger partial charge in [-0.05, 0) is 18.2 Å². The van der Waals surface area contributed by atoms with E-state index in [0.29, 0.717) is 6.07 Å². The second kappa shape index (κ2) is 6.30. The average molecular weight is 358 g/mol. The van der Waals surface area contributed by atoms with E-state index < -0.39 is 35.4 Å². The molecule has 1 aromatic heterocycles. The Bertz CT molecular complexity index is 803. The fraction of sp³-hybridized carbons (Fsp3) is 0.250. The second-order valence-electron chi connectivity index (χ2n) is 5.45. The zero-order valence-corrected chi connectivity index (χ0v) is 12.6. The Hall–Kier alpha value is -2.71. The first kappa shape index (κ1) is 17.1. The quantitative estimate of drug-likeness (QED) is 0.791. The van der Waals surface area contributed by atoms with Gasteiger partial charge in [0.15, 0.2) is 0 Å². The number of amides is 1. The van der Waals surface area contributed by atoms with Gasteiger partial charge in [-0.2, -0.15) is 13.2 Å². The molecule has 0 radical (unpaired) electrons. The number of pyridine rings is 1. The van der Waals surface area contributed by atoms with Crippen molar-refractivity contribution in [3.8, 4) is 5.88 Å². The summed E-state index contributed by atoms with van der Waals surface area (Å²) in [6, 6.07) is 4.20. The van der Waals surface area contributed by atoms with E-state index in [1.54, 1.807) is 0 Å². The Kier molecular flexibility index (Phi) is 4.32. The lowest BCUT2D eigenvalue weighted by molar-refractivity contribution is -0.137. The molecule has 9 heteroatoms. The highest BCUT2D eigenvalue weighted by Gasteiger charge is 2.35. The predicted octanol–water partition coefficient (Wildman–Crippen LogP) is 3.28. The van der Waals surface area contributed by atoms with E-state index in [1.807, 2.05) is 0 Å². The van der Waals surface area contributed by atoms with Crippen molar-refractivity contribution in [2.45, 2.75) is 12.3 Å². The summed E-state index contributed by atoms with van der Waals surface area (Å²) in [5.74, 6) is -2.63. The molecular weight excluding hydrogens is 347 g/mol. The van der Waals surface area contributed by atoms with Gasteiger partial charge >= 0.3 is 6.18 Å². The van der Waals surface area contributed by atoms with Gasteiger partial charge in [0.1, 0.15) is 17.7 Å². The van der Waals surface area contributed by atoms with Gasteiger partial charge in [0.05, 0.1) is 24.2 Å². The molecule has 0 saturated carbocycles. The first-order valence-corrected chi connectivity index (χ1v) is 7.18. The normalized spacial score (nSPS) is 15.0. The van der Waals surface area contributed by atoms with Crippen molar-refractivity contribution in [2.24, 2.45) is 0 Å². The van der Waals surface area contributed by atoms with E-state index in [9.17, 15) is 26.7 Å². The Labute approximate surface area is 138 Å². The summed E-state index contributed by atoms with van der Waals surface area (Å²) in [6.07, 6.45) is -4.08. The van der Waals surface area contributed by atoms with Crippen LogP contribution in [-0.2, 0) is 6.18 Å².